The van der Waals surface area contributed by atoms with E-state index in [2.05, 4.69) is 4.72 Å². The third-order valence-electron chi connectivity index (χ3n) is 5.76. The molecule has 5 nitrogen and oxygen atoms in total. The number of carboxylic acid groups (broad SMARTS) is 1. The van der Waals surface area contributed by atoms with Gasteiger partial charge in [-0.2, -0.15) is 17.9 Å². The van der Waals surface area contributed by atoms with Crippen molar-refractivity contribution in [2.24, 2.45) is 5.92 Å². The van der Waals surface area contributed by atoms with E-state index in [1.165, 1.54) is 24.3 Å². The molecule has 2 N–H and O–H groups in total. The Kier molecular flexibility index (Phi) is 5.43. The molecule has 1 saturated carbocycles. The van der Waals surface area contributed by atoms with Crippen LogP contribution in [0, 0.1) is 5.92 Å². The molecule has 0 saturated heterocycles. The molecule has 0 spiro atoms. The summed E-state index contributed by atoms with van der Waals surface area (Å²) in [4.78, 5) is 12.6. The van der Waals surface area contributed by atoms with Crippen LogP contribution in [-0.2, 0) is 21.0 Å². The first-order valence-electron chi connectivity index (χ1n) is 9.56. The SMILES string of the molecule is C[C@@H]1[C@H](c2ccccc2)[C@]1(NS(=O)(=O)c1ccc(-c2ccc(C(F)(F)F)cc2)s1)C(=O)O. The van der Waals surface area contributed by atoms with Crippen LogP contribution in [0.1, 0.15) is 24.0 Å². The van der Waals surface area contributed by atoms with Crippen LogP contribution in [0.25, 0.3) is 10.4 Å². The summed E-state index contributed by atoms with van der Waals surface area (Å²) in [6, 6.07) is 16.0. The van der Waals surface area contributed by atoms with Crippen molar-refractivity contribution in [3.8, 4) is 10.4 Å². The van der Waals surface area contributed by atoms with Gasteiger partial charge >= 0.3 is 12.1 Å². The smallest absolute Gasteiger partial charge is 0.416 e. The number of carboxylic acids is 1. The summed E-state index contributed by atoms with van der Waals surface area (Å²) in [6.07, 6.45) is -4.46. The number of sulfonamides is 1. The van der Waals surface area contributed by atoms with E-state index in [1.807, 2.05) is 0 Å². The fourth-order valence-corrected chi connectivity index (χ4v) is 6.79. The molecule has 168 valence electrons. The summed E-state index contributed by atoms with van der Waals surface area (Å²) in [5.41, 5.74) is -1.31. The summed E-state index contributed by atoms with van der Waals surface area (Å²) < 4.78 is 66.6. The molecule has 2 aromatic carbocycles. The molecule has 0 unspecified atom stereocenters. The van der Waals surface area contributed by atoms with Gasteiger partial charge in [-0.1, -0.05) is 49.4 Å². The lowest BCUT2D eigenvalue weighted by molar-refractivity contribution is -0.140. The Balaban J connectivity index is 1.61. The molecule has 1 aromatic heterocycles. The van der Waals surface area contributed by atoms with E-state index in [0.29, 0.717) is 10.4 Å². The van der Waals surface area contributed by atoms with Crippen LogP contribution in [0.4, 0.5) is 13.2 Å². The summed E-state index contributed by atoms with van der Waals surface area (Å²) >= 11 is 0.860. The third-order valence-corrected chi connectivity index (χ3v) is 8.87. The number of carbonyl (C=O) groups is 1. The molecule has 0 radical (unpaired) electrons. The van der Waals surface area contributed by atoms with Crippen molar-refractivity contribution >= 4 is 27.3 Å². The van der Waals surface area contributed by atoms with Crippen LogP contribution in [-0.4, -0.2) is 25.0 Å². The van der Waals surface area contributed by atoms with Gasteiger partial charge in [-0.15, -0.1) is 11.3 Å². The van der Waals surface area contributed by atoms with Crippen molar-refractivity contribution in [2.45, 2.75) is 28.8 Å². The zero-order chi connectivity index (χ0) is 23.3. The molecule has 4 rings (SSSR count). The average molecular weight is 482 g/mol. The van der Waals surface area contributed by atoms with Crippen LogP contribution in [0.2, 0.25) is 0 Å². The monoisotopic (exact) mass is 481 g/mol. The lowest BCUT2D eigenvalue weighted by Gasteiger charge is -2.15. The largest absolute Gasteiger partial charge is 0.480 e. The first-order valence-corrected chi connectivity index (χ1v) is 11.9. The van der Waals surface area contributed by atoms with E-state index in [-0.39, 0.29) is 4.21 Å². The highest BCUT2D eigenvalue weighted by atomic mass is 32.2. The number of benzene rings is 2. The second kappa shape index (κ2) is 7.72. The number of thiophene rings is 1. The Hall–Kier alpha value is -2.69. The minimum atomic E-state index is -4.46. The van der Waals surface area contributed by atoms with Crippen molar-refractivity contribution in [3.05, 3.63) is 77.9 Å². The van der Waals surface area contributed by atoms with Crippen molar-refractivity contribution in [1.82, 2.24) is 4.72 Å². The van der Waals surface area contributed by atoms with Gasteiger partial charge in [-0.3, -0.25) is 4.79 Å². The van der Waals surface area contributed by atoms with E-state index in [9.17, 15) is 31.5 Å². The molecule has 10 heteroatoms. The number of aliphatic carboxylic acids is 1. The highest BCUT2D eigenvalue weighted by Gasteiger charge is 2.70. The highest BCUT2D eigenvalue weighted by Crippen LogP contribution is 2.58. The lowest BCUT2D eigenvalue weighted by atomic mass is 10.1. The minimum Gasteiger partial charge on any atom is -0.480 e. The van der Waals surface area contributed by atoms with Crippen molar-refractivity contribution in [3.63, 3.8) is 0 Å². The van der Waals surface area contributed by atoms with Crippen LogP contribution < -0.4 is 4.72 Å². The van der Waals surface area contributed by atoms with Gasteiger partial charge in [0.15, 0.2) is 0 Å². The number of rotatable bonds is 6. The quantitative estimate of drug-likeness (QED) is 0.521. The number of halogens is 3. The normalized spacial score (nSPS) is 23.1. The molecule has 3 aromatic rings. The molecular formula is C22H18F3NO4S2. The van der Waals surface area contributed by atoms with Gasteiger partial charge in [0.2, 0.25) is 0 Å². The lowest BCUT2D eigenvalue weighted by Crippen LogP contribution is -2.45. The van der Waals surface area contributed by atoms with Gasteiger partial charge in [0.25, 0.3) is 10.0 Å². The summed E-state index contributed by atoms with van der Waals surface area (Å²) in [5.74, 6) is -2.25. The van der Waals surface area contributed by atoms with Gasteiger partial charge in [0.05, 0.1) is 5.56 Å². The molecule has 32 heavy (non-hydrogen) atoms. The molecule has 1 aliphatic carbocycles. The van der Waals surface area contributed by atoms with Crippen molar-refractivity contribution in [1.29, 1.82) is 0 Å². The second-order valence-corrected chi connectivity index (χ2v) is 10.6. The number of hydrogen-bond donors (Lipinski definition) is 2. The van der Waals surface area contributed by atoms with E-state index < -0.39 is 45.1 Å². The Morgan fingerprint density at radius 1 is 1.03 bits per heavy atom. The fraction of sp³-hybridized carbons (Fsp3) is 0.227. The summed E-state index contributed by atoms with van der Waals surface area (Å²) in [6.45, 7) is 1.68. The van der Waals surface area contributed by atoms with E-state index in [0.717, 1.165) is 29.0 Å². The van der Waals surface area contributed by atoms with E-state index in [4.69, 9.17) is 0 Å². The summed E-state index contributed by atoms with van der Waals surface area (Å²) in [5, 5.41) is 9.88. The molecular weight excluding hydrogens is 463 g/mol. The molecule has 0 bridgehead atoms. The van der Waals surface area contributed by atoms with Crippen LogP contribution in [0.3, 0.4) is 0 Å². The maximum atomic E-state index is 13.0. The minimum absolute atomic E-state index is 0.112. The number of hydrogen-bond acceptors (Lipinski definition) is 4. The first kappa shape index (κ1) is 22.5. The Morgan fingerprint density at radius 2 is 1.66 bits per heavy atom. The first-order chi connectivity index (χ1) is 15.0. The second-order valence-electron chi connectivity index (χ2n) is 7.65. The standard InChI is InChI=1S/C22H18F3NO4S2/c1-13-19(15-5-3-2-4-6-15)21(13,20(27)28)26-32(29,30)18-12-11-17(31-18)14-7-9-16(10-8-14)22(23,24)25/h2-13,19,26H,1H3,(H,27,28)/t13-,19-,21+/m1/s1. The highest BCUT2D eigenvalue weighted by molar-refractivity contribution is 7.91. The zero-order valence-corrected chi connectivity index (χ0v) is 18.3. The van der Waals surface area contributed by atoms with Crippen LogP contribution in [0.5, 0.6) is 0 Å². The fourth-order valence-electron chi connectivity index (χ4n) is 4.02. The van der Waals surface area contributed by atoms with Gasteiger partial charge in [-0.25, -0.2) is 8.42 Å². The van der Waals surface area contributed by atoms with Crippen LogP contribution in [0.15, 0.2) is 70.9 Å². The zero-order valence-electron chi connectivity index (χ0n) is 16.6. The predicted octanol–water partition coefficient (Wildman–Crippen LogP) is 4.97. The molecule has 3 atom stereocenters. The van der Waals surface area contributed by atoms with Gasteiger partial charge in [0.1, 0.15) is 9.75 Å². The van der Waals surface area contributed by atoms with Gasteiger partial charge < -0.3 is 5.11 Å². The predicted molar refractivity (Wildman–Crippen MR) is 114 cm³/mol. The molecule has 0 amide bonds. The molecule has 1 aliphatic rings. The van der Waals surface area contributed by atoms with Gasteiger partial charge in [0, 0.05) is 10.8 Å². The van der Waals surface area contributed by atoms with Crippen LogP contribution >= 0.6 is 11.3 Å². The number of alkyl halides is 3. The average Bonchev–Trinajstić information content (AvgIpc) is 3.09. The molecule has 1 fully saturated rings. The maximum Gasteiger partial charge on any atom is 0.416 e. The Morgan fingerprint density at radius 3 is 2.22 bits per heavy atom. The molecule has 1 heterocycles. The summed E-state index contributed by atoms with van der Waals surface area (Å²) in [7, 11) is -4.19. The third kappa shape index (κ3) is 3.82. The molecule has 0 aliphatic heterocycles. The Bertz CT molecular complexity index is 1250. The van der Waals surface area contributed by atoms with Crippen molar-refractivity contribution < 1.29 is 31.5 Å². The maximum absolute atomic E-state index is 13.0. The number of nitrogens with one attached hydrogen (secondary N) is 1. The van der Waals surface area contributed by atoms with E-state index >= 15 is 0 Å². The van der Waals surface area contributed by atoms with Crippen molar-refractivity contribution in [2.75, 3.05) is 0 Å². The topological polar surface area (TPSA) is 83.5 Å². The Labute approximate surface area is 186 Å². The van der Waals surface area contributed by atoms with E-state index in [1.54, 1.807) is 37.3 Å². The van der Waals surface area contributed by atoms with Gasteiger partial charge in [-0.05, 0) is 41.3 Å².